The topological polar surface area (TPSA) is 58.4 Å². The number of nitrogens with two attached hydrogens (primary N) is 1. The molecular weight excluding hydrogens is 322 g/mol. The summed E-state index contributed by atoms with van der Waals surface area (Å²) in [5, 5.41) is 3.43. The van der Waals surface area contributed by atoms with Crippen molar-refractivity contribution >= 4 is 5.91 Å². The zero-order chi connectivity index (χ0) is 19.1. The van der Waals surface area contributed by atoms with Crippen LogP contribution >= 0.6 is 0 Å². The van der Waals surface area contributed by atoms with Crippen LogP contribution in [-0.4, -0.2) is 16.8 Å². The van der Waals surface area contributed by atoms with Gasteiger partial charge in [0.05, 0.1) is 5.70 Å². The number of rotatable bonds is 6. The molecule has 1 fully saturated rings. The van der Waals surface area contributed by atoms with Crippen LogP contribution < -0.4 is 11.1 Å². The molecular formula is C22H33N3O. The van der Waals surface area contributed by atoms with Gasteiger partial charge in [-0.1, -0.05) is 37.8 Å². The fourth-order valence-corrected chi connectivity index (χ4v) is 3.42. The van der Waals surface area contributed by atoms with Gasteiger partial charge in [-0.05, 0) is 52.2 Å². The van der Waals surface area contributed by atoms with Crippen molar-refractivity contribution in [2.24, 2.45) is 5.73 Å². The summed E-state index contributed by atoms with van der Waals surface area (Å²) in [6, 6.07) is 0.536. The Bertz CT molecular complexity index is 670. The normalized spacial score (nSPS) is 19.0. The summed E-state index contributed by atoms with van der Waals surface area (Å²) in [5.41, 5.74) is 10.8. The Morgan fingerprint density at radius 1 is 1.35 bits per heavy atom. The molecule has 4 nitrogen and oxygen atoms in total. The van der Waals surface area contributed by atoms with Gasteiger partial charge in [0.2, 0.25) is 0 Å². The number of nitrogens with one attached hydrogen (secondary N) is 1. The van der Waals surface area contributed by atoms with Gasteiger partial charge < -0.3 is 11.1 Å². The molecule has 1 amide bonds. The third-order valence-corrected chi connectivity index (χ3v) is 4.99. The van der Waals surface area contributed by atoms with Crippen molar-refractivity contribution in [1.29, 1.82) is 0 Å². The summed E-state index contributed by atoms with van der Waals surface area (Å²) in [5.74, 6) is 0.0451. The number of carbonyl (C=O) groups excluding carboxylic acids is 1. The minimum Gasteiger partial charge on any atom is -0.397 e. The lowest BCUT2D eigenvalue weighted by atomic mass is 10.0. The smallest absolute Gasteiger partial charge is 0.257 e. The van der Waals surface area contributed by atoms with E-state index < -0.39 is 0 Å². The lowest BCUT2D eigenvalue weighted by molar-refractivity contribution is -0.123. The van der Waals surface area contributed by atoms with E-state index in [9.17, 15) is 4.79 Å². The number of carbonyl (C=O) groups is 1. The second-order valence-corrected chi connectivity index (χ2v) is 7.29. The summed E-state index contributed by atoms with van der Waals surface area (Å²) >= 11 is 0. The van der Waals surface area contributed by atoms with Gasteiger partial charge in [0.15, 0.2) is 0 Å². The number of nitrogens with zero attached hydrogens (tertiary/aromatic N) is 1. The third-order valence-electron chi connectivity index (χ3n) is 4.99. The Hall–Kier alpha value is -2.23. The van der Waals surface area contributed by atoms with Crippen LogP contribution in [0.2, 0.25) is 0 Å². The number of hydrogen-bond donors (Lipinski definition) is 2. The molecule has 0 aromatic heterocycles. The van der Waals surface area contributed by atoms with E-state index in [1.165, 1.54) is 25.7 Å². The summed E-state index contributed by atoms with van der Waals surface area (Å²) < 4.78 is 0. The van der Waals surface area contributed by atoms with Crippen LogP contribution in [0.15, 0.2) is 58.7 Å². The van der Waals surface area contributed by atoms with Crippen LogP contribution in [0.25, 0.3) is 0 Å². The van der Waals surface area contributed by atoms with Crippen molar-refractivity contribution in [3.8, 4) is 0 Å². The van der Waals surface area contributed by atoms with Gasteiger partial charge in [0.1, 0.15) is 0 Å². The van der Waals surface area contributed by atoms with Crippen LogP contribution in [0.5, 0.6) is 0 Å². The van der Waals surface area contributed by atoms with Gasteiger partial charge in [-0.2, -0.15) is 0 Å². The van der Waals surface area contributed by atoms with Crippen LogP contribution in [0.3, 0.4) is 0 Å². The van der Waals surface area contributed by atoms with E-state index in [0.717, 1.165) is 35.3 Å². The van der Waals surface area contributed by atoms with Crippen molar-refractivity contribution in [2.45, 2.75) is 72.3 Å². The molecule has 3 N–H and O–H groups in total. The van der Waals surface area contributed by atoms with E-state index in [1.807, 2.05) is 51.4 Å². The summed E-state index contributed by atoms with van der Waals surface area (Å²) in [4.78, 5) is 14.6. The second kappa shape index (κ2) is 9.46. The maximum atomic E-state index is 12.9. The predicted octanol–water partition coefficient (Wildman–Crippen LogP) is 4.64. The molecule has 2 aliphatic rings. The first-order valence-corrected chi connectivity index (χ1v) is 9.76. The van der Waals surface area contributed by atoms with Gasteiger partial charge in [-0.15, -0.1) is 0 Å². The third kappa shape index (κ3) is 4.90. The molecule has 0 aromatic rings. The van der Waals surface area contributed by atoms with E-state index in [-0.39, 0.29) is 5.91 Å². The Kier molecular flexibility index (Phi) is 7.31. The molecule has 142 valence electrons. The van der Waals surface area contributed by atoms with Crippen LogP contribution in [0, 0.1) is 0 Å². The highest BCUT2D eigenvalue weighted by atomic mass is 16.2. The molecule has 1 heterocycles. The van der Waals surface area contributed by atoms with E-state index >= 15 is 0 Å². The van der Waals surface area contributed by atoms with Crippen molar-refractivity contribution in [3.05, 3.63) is 58.7 Å². The second-order valence-electron chi connectivity index (χ2n) is 7.29. The molecule has 0 aromatic carbocycles. The molecule has 26 heavy (non-hydrogen) atoms. The summed E-state index contributed by atoms with van der Waals surface area (Å²) in [6.07, 6.45) is 16.4. The molecule has 0 unspecified atom stereocenters. The van der Waals surface area contributed by atoms with Crippen LogP contribution in [0.4, 0.5) is 0 Å². The summed E-state index contributed by atoms with van der Waals surface area (Å²) in [7, 11) is 0. The highest BCUT2D eigenvalue weighted by molar-refractivity contribution is 5.96. The Balaban J connectivity index is 2.19. The SMILES string of the molecule is C/C=C(/CCC)C(=O)N1C=CC(/C(N)=C/NC2CCCC2)=CC1=C(C)C. The molecule has 0 atom stereocenters. The van der Waals surface area contributed by atoms with E-state index in [0.29, 0.717) is 11.7 Å². The molecule has 1 aliphatic heterocycles. The molecule has 0 bridgehead atoms. The standard InChI is InChI=1S/C22H33N3O/c1-5-9-17(6-2)22(26)25-13-12-18(14-21(25)16(3)4)20(23)15-24-19-10-7-8-11-19/h6,12-15,19,24H,5,7-11,23H2,1-4H3/b17-6-,20-15-. The fraction of sp³-hybridized carbons (Fsp3) is 0.500. The quantitative estimate of drug-likeness (QED) is 0.682. The van der Waals surface area contributed by atoms with Crippen LogP contribution in [-0.2, 0) is 4.79 Å². The molecule has 0 spiro atoms. The Labute approximate surface area is 158 Å². The van der Waals surface area contributed by atoms with Gasteiger partial charge >= 0.3 is 0 Å². The minimum absolute atomic E-state index is 0.0451. The largest absolute Gasteiger partial charge is 0.397 e. The highest BCUT2D eigenvalue weighted by Crippen LogP contribution is 2.26. The lowest BCUT2D eigenvalue weighted by Gasteiger charge is -2.26. The average Bonchev–Trinajstić information content (AvgIpc) is 3.16. The van der Waals surface area contributed by atoms with E-state index in [2.05, 4.69) is 12.2 Å². The highest BCUT2D eigenvalue weighted by Gasteiger charge is 2.22. The first-order valence-electron chi connectivity index (χ1n) is 9.76. The van der Waals surface area contributed by atoms with Gasteiger partial charge in [0.25, 0.3) is 5.91 Å². The number of hydrogen-bond acceptors (Lipinski definition) is 3. The van der Waals surface area contributed by atoms with Crippen molar-refractivity contribution in [1.82, 2.24) is 10.2 Å². The molecule has 2 rings (SSSR count). The first kappa shape index (κ1) is 20.1. The predicted molar refractivity (Wildman–Crippen MR) is 109 cm³/mol. The Morgan fingerprint density at radius 2 is 2.04 bits per heavy atom. The zero-order valence-corrected chi connectivity index (χ0v) is 16.6. The van der Waals surface area contributed by atoms with Gasteiger partial charge in [0, 0.05) is 35.3 Å². The number of amides is 1. The maximum absolute atomic E-state index is 12.9. The lowest BCUT2D eigenvalue weighted by Crippen LogP contribution is -2.29. The molecule has 4 heteroatoms. The average molecular weight is 356 g/mol. The monoisotopic (exact) mass is 355 g/mol. The first-order chi connectivity index (χ1) is 12.5. The van der Waals surface area contributed by atoms with Crippen LogP contribution in [0.1, 0.15) is 66.2 Å². The van der Waals surface area contributed by atoms with E-state index in [1.54, 1.807) is 4.90 Å². The fourth-order valence-electron chi connectivity index (χ4n) is 3.42. The maximum Gasteiger partial charge on any atom is 0.257 e. The van der Waals surface area contributed by atoms with Crippen molar-refractivity contribution in [3.63, 3.8) is 0 Å². The van der Waals surface area contributed by atoms with Gasteiger partial charge in [-0.3, -0.25) is 9.69 Å². The summed E-state index contributed by atoms with van der Waals surface area (Å²) in [6.45, 7) is 8.06. The molecule has 0 radical (unpaired) electrons. The molecule has 1 aliphatic carbocycles. The minimum atomic E-state index is 0.0451. The number of allylic oxidation sites excluding steroid dienone is 4. The van der Waals surface area contributed by atoms with E-state index in [4.69, 9.17) is 5.73 Å². The zero-order valence-electron chi connectivity index (χ0n) is 16.6. The van der Waals surface area contributed by atoms with Crippen molar-refractivity contribution < 1.29 is 4.79 Å². The van der Waals surface area contributed by atoms with Crippen molar-refractivity contribution in [2.75, 3.05) is 0 Å². The molecule has 0 saturated heterocycles. The Morgan fingerprint density at radius 3 is 2.62 bits per heavy atom. The van der Waals surface area contributed by atoms with Gasteiger partial charge in [-0.25, -0.2) is 0 Å². The molecule has 1 saturated carbocycles.